The van der Waals surface area contributed by atoms with Crippen LogP contribution in [0.25, 0.3) is 0 Å². The van der Waals surface area contributed by atoms with E-state index in [-0.39, 0.29) is 5.91 Å². The van der Waals surface area contributed by atoms with Gasteiger partial charge in [-0.25, -0.2) is 0 Å². The fourth-order valence-corrected chi connectivity index (χ4v) is 2.01. The summed E-state index contributed by atoms with van der Waals surface area (Å²) in [4.78, 5) is 12.1. The second-order valence-corrected chi connectivity index (χ2v) is 4.71. The highest BCUT2D eigenvalue weighted by molar-refractivity contribution is 6.32. The maximum absolute atomic E-state index is 12.1. The number of aryl methyl sites for hydroxylation is 1. The molecule has 20 heavy (non-hydrogen) atoms. The Kier molecular flexibility index (Phi) is 4.29. The van der Waals surface area contributed by atoms with Gasteiger partial charge in [-0.2, -0.15) is 5.10 Å². The van der Waals surface area contributed by atoms with E-state index in [1.807, 2.05) is 13.8 Å². The molecule has 0 aliphatic heterocycles. The van der Waals surface area contributed by atoms with Crippen molar-refractivity contribution in [3.05, 3.63) is 40.7 Å². The molecular weight excluding hydrogens is 278 g/mol. The number of nitrogens with zero attached hydrogens (tertiary/aromatic N) is 2. The van der Waals surface area contributed by atoms with Gasteiger partial charge in [0.1, 0.15) is 5.75 Å². The normalized spacial score (nSPS) is 10.4. The Morgan fingerprint density at radius 1 is 1.50 bits per heavy atom. The predicted molar refractivity (Wildman–Crippen MR) is 78.5 cm³/mol. The van der Waals surface area contributed by atoms with E-state index in [1.54, 1.807) is 36.1 Å². The molecule has 5 nitrogen and oxygen atoms in total. The van der Waals surface area contributed by atoms with Crippen LogP contribution in [0.2, 0.25) is 5.02 Å². The number of benzene rings is 1. The SMILES string of the molecule is CCOc1ccc(NC(=O)c2cnn(C)c2C)cc1Cl. The van der Waals surface area contributed by atoms with Crippen LogP contribution in [-0.2, 0) is 7.05 Å². The summed E-state index contributed by atoms with van der Waals surface area (Å²) in [5.74, 6) is 0.389. The average Bonchev–Trinajstić information content (AvgIpc) is 2.73. The maximum Gasteiger partial charge on any atom is 0.259 e. The molecule has 1 aromatic heterocycles. The Labute approximate surface area is 122 Å². The van der Waals surface area contributed by atoms with Crippen LogP contribution in [0.15, 0.2) is 24.4 Å². The molecule has 0 aliphatic carbocycles. The molecule has 1 amide bonds. The highest BCUT2D eigenvalue weighted by Gasteiger charge is 2.13. The first-order valence-electron chi connectivity index (χ1n) is 6.25. The van der Waals surface area contributed by atoms with Gasteiger partial charge < -0.3 is 10.1 Å². The molecule has 2 aromatic rings. The lowest BCUT2D eigenvalue weighted by atomic mass is 10.2. The van der Waals surface area contributed by atoms with E-state index in [1.165, 1.54) is 0 Å². The molecule has 1 heterocycles. The number of hydrogen-bond donors (Lipinski definition) is 1. The second kappa shape index (κ2) is 5.96. The van der Waals surface area contributed by atoms with E-state index in [0.29, 0.717) is 28.6 Å². The standard InChI is InChI=1S/C14H16ClN3O2/c1-4-20-13-6-5-10(7-12(13)15)17-14(19)11-8-16-18(3)9(11)2/h5-8H,4H2,1-3H3,(H,17,19). The van der Waals surface area contributed by atoms with Crippen molar-refractivity contribution >= 4 is 23.2 Å². The van der Waals surface area contributed by atoms with E-state index in [9.17, 15) is 4.79 Å². The topological polar surface area (TPSA) is 56.1 Å². The molecular formula is C14H16ClN3O2. The number of anilines is 1. The first kappa shape index (κ1) is 14.4. The molecule has 0 bridgehead atoms. The molecule has 0 aliphatic rings. The predicted octanol–water partition coefficient (Wildman–Crippen LogP) is 3.03. The summed E-state index contributed by atoms with van der Waals surface area (Å²) < 4.78 is 7.00. The van der Waals surface area contributed by atoms with Crippen molar-refractivity contribution in [1.82, 2.24) is 9.78 Å². The Bertz CT molecular complexity index is 637. The fourth-order valence-electron chi connectivity index (χ4n) is 1.77. The number of carbonyl (C=O) groups is 1. The summed E-state index contributed by atoms with van der Waals surface area (Å²) in [5.41, 5.74) is 1.96. The molecule has 1 aromatic carbocycles. The lowest BCUT2D eigenvalue weighted by Crippen LogP contribution is -2.13. The minimum absolute atomic E-state index is 0.212. The van der Waals surface area contributed by atoms with Crippen molar-refractivity contribution in [2.24, 2.45) is 7.05 Å². The van der Waals surface area contributed by atoms with Crippen LogP contribution >= 0.6 is 11.6 Å². The van der Waals surface area contributed by atoms with Gasteiger partial charge >= 0.3 is 0 Å². The number of halogens is 1. The highest BCUT2D eigenvalue weighted by atomic mass is 35.5. The minimum atomic E-state index is -0.212. The third kappa shape index (κ3) is 2.93. The van der Waals surface area contributed by atoms with E-state index in [2.05, 4.69) is 10.4 Å². The molecule has 0 atom stereocenters. The van der Waals surface area contributed by atoms with Crippen LogP contribution < -0.4 is 10.1 Å². The number of carbonyl (C=O) groups excluding carboxylic acids is 1. The van der Waals surface area contributed by atoms with Crippen LogP contribution in [0.1, 0.15) is 23.0 Å². The summed E-state index contributed by atoms with van der Waals surface area (Å²) >= 11 is 6.08. The third-order valence-electron chi connectivity index (χ3n) is 2.97. The Morgan fingerprint density at radius 3 is 2.80 bits per heavy atom. The number of rotatable bonds is 4. The molecule has 0 unspecified atom stereocenters. The lowest BCUT2D eigenvalue weighted by Gasteiger charge is -2.09. The summed E-state index contributed by atoms with van der Waals surface area (Å²) in [6, 6.07) is 5.15. The van der Waals surface area contributed by atoms with Crippen molar-refractivity contribution in [1.29, 1.82) is 0 Å². The van der Waals surface area contributed by atoms with Gasteiger partial charge in [0.2, 0.25) is 0 Å². The van der Waals surface area contributed by atoms with Gasteiger partial charge in [-0.05, 0) is 32.0 Å². The largest absolute Gasteiger partial charge is 0.492 e. The summed E-state index contributed by atoms with van der Waals surface area (Å²) in [6.45, 7) is 4.27. The average molecular weight is 294 g/mol. The Morgan fingerprint density at radius 2 is 2.25 bits per heavy atom. The van der Waals surface area contributed by atoms with Gasteiger partial charge in [0.15, 0.2) is 0 Å². The first-order valence-corrected chi connectivity index (χ1v) is 6.63. The zero-order chi connectivity index (χ0) is 14.7. The Balaban J connectivity index is 2.16. The van der Waals surface area contributed by atoms with E-state index in [4.69, 9.17) is 16.3 Å². The van der Waals surface area contributed by atoms with Gasteiger partial charge in [-0.15, -0.1) is 0 Å². The summed E-state index contributed by atoms with van der Waals surface area (Å²) in [7, 11) is 1.79. The van der Waals surface area contributed by atoms with E-state index in [0.717, 1.165) is 5.69 Å². The molecule has 0 radical (unpaired) electrons. The molecule has 106 valence electrons. The summed E-state index contributed by atoms with van der Waals surface area (Å²) in [5, 5.41) is 7.30. The summed E-state index contributed by atoms with van der Waals surface area (Å²) in [6.07, 6.45) is 1.54. The van der Waals surface area contributed by atoms with Crippen molar-refractivity contribution in [2.45, 2.75) is 13.8 Å². The van der Waals surface area contributed by atoms with Crippen LogP contribution in [0.4, 0.5) is 5.69 Å². The molecule has 1 N–H and O–H groups in total. The monoisotopic (exact) mass is 293 g/mol. The smallest absolute Gasteiger partial charge is 0.259 e. The van der Waals surface area contributed by atoms with Gasteiger partial charge in [0.05, 0.1) is 23.4 Å². The number of ether oxygens (including phenoxy) is 1. The van der Waals surface area contributed by atoms with Crippen LogP contribution in [0, 0.1) is 6.92 Å². The quantitative estimate of drug-likeness (QED) is 0.942. The van der Waals surface area contributed by atoms with Gasteiger partial charge in [-0.3, -0.25) is 9.48 Å². The van der Waals surface area contributed by atoms with Gasteiger partial charge in [0, 0.05) is 18.4 Å². The number of aromatic nitrogens is 2. The van der Waals surface area contributed by atoms with Crippen molar-refractivity contribution in [3.8, 4) is 5.75 Å². The van der Waals surface area contributed by atoms with E-state index < -0.39 is 0 Å². The maximum atomic E-state index is 12.1. The molecule has 0 saturated carbocycles. The minimum Gasteiger partial charge on any atom is -0.492 e. The van der Waals surface area contributed by atoms with Crippen molar-refractivity contribution in [2.75, 3.05) is 11.9 Å². The van der Waals surface area contributed by atoms with Gasteiger partial charge in [-0.1, -0.05) is 11.6 Å². The molecule has 0 spiro atoms. The number of nitrogens with one attached hydrogen (secondary N) is 1. The zero-order valence-corrected chi connectivity index (χ0v) is 12.4. The van der Waals surface area contributed by atoms with Crippen LogP contribution in [-0.4, -0.2) is 22.3 Å². The van der Waals surface area contributed by atoms with Crippen LogP contribution in [0.5, 0.6) is 5.75 Å². The molecule has 0 saturated heterocycles. The van der Waals surface area contributed by atoms with Crippen molar-refractivity contribution in [3.63, 3.8) is 0 Å². The molecule has 6 heteroatoms. The third-order valence-corrected chi connectivity index (χ3v) is 3.26. The van der Waals surface area contributed by atoms with E-state index >= 15 is 0 Å². The zero-order valence-electron chi connectivity index (χ0n) is 11.6. The second-order valence-electron chi connectivity index (χ2n) is 4.30. The van der Waals surface area contributed by atoms with Crippen molar-refractivity contribution < 1.29 is 9.53 Å². The lowest BCUT2D eigenvalue weighted by molar-refractivity contribution is 0.102. The molecule has 0 fully saturated rings. The van der Waals surface area contributed by atoms with Crippen LogP contribution in [0.3, 0.4) is 0 Å². The number of amides is 1. The first-order chi connectivity index (χ1) is 9.52. The highest BCUT2D eigenvalue weighted by Crippen LogP contribution is 2.27. The molecule has 2 rings (SSSR count). The fraction of sp³-hybridized carbons (Fsp3) is 0.286. The van der Waals surface area contributed by atoms with Gasteiger partial charge in [0.25, 0.3) is 5.91 Å². The Hall–Kier alpha value is -2.01. The number of hydrogen-bond acceptors (Lipinski definition) is 3.